The van der Waals surface area contributed by atoms with E-state index in [0.717, 1.165) is 64.7 Å². The van der Waals surface area contributed by atoms with Crippen molar-refractivity contribution < 1.29 is 13.9 Å². The van der Waals surface area contributed by atoms with E-state index in [9.17, 15) is 9.18 Å². The van der Waals surface area contributed by atoms with Gasteiger partial charge in [-0.1, -0.05) is 25.0 Å². The molecule has 1 aromatic carbocycles. The average molecular weight is 348 g/mol. The van der Waals surface area contributed by atoms with Crippen LogP contribution in [0.1, 0.15) is 48.9 Å². The summed E-state index contributed by atoms with van der Waals surface area (Å²) >= 11 is 0. The van der Waals surface area contributed by atoms with E-state index in [1.807, 2.05) is 4.90 Å². The third-order valence-electron chi connectivity index (χ3n) is 5.58. The Bertz CT molecular complexity index is 573. The molecule has 2 aliphatic rings. The zero-order valence-corrected chi connectivity index (χ0v) is 15.1. The molecule has 25 heavy (non-hydrogen) atoms. The molecule has 1 amide bonds. The van der Waals surface area contributed by atoms with E-state index in [4.69, 9.17) is 4.74 Å². The fourth-order valence-corrected chi connectivity index (χ4v) is 4.05. The van der Waals surface area contributed by atoms with E-state index in [1.165, 1.54) is 6.07 Å². The minimum atomic E-state index is -0.420. The lowest BCUT2D eigenvalue weighted by Gasteiger charge is -2.37. The van der Waals surface area contributed by atoms with Crippen LogP contribution in [0.25, 0.3) is 0 Å². The van der Waals surface area contributed by atoms with Gasteiger partial charge in [0.2, 0.25) is 0 Å². The van der Waals surface area contributed by atoms with Crippen molar-refractivity contribution in [1.29, 1.82) is 0 Å². The Morgan fingerprint density at radius 3 is 2.60 bits per heavy atom. The van der Waals surface area contributed by atoms with Crippen molar-refractivity contribution in [2.75, 3.05) is 33.3 Å². The van der Waals surface area contributed by atoms with E-state index in [2.05, 4.69) is 4.90 Å². The molecule has 0 N–H and O–H groups in total. The Morgan fingerprint density at radius 1 is 1.12 bits per heavy atom. The second-order valence-electron chi connectivity index (χ2n) is 7.22. The Hall–Kier alpha value is -1.46. The van der Waals surface area contributed by atoms with E-state index >= 15 is 0 Å². The summed E-state index contributed by atoms with van der Waals surface area (Å²) in [6, 6.07) is 6.51. The number of amides is 1. The van der Waals surface area contributed by atoms with Crippen LogP contribution in [0.5, 0.6) is 0 Å². The predicted octanol–water partition coefficient (Wildman–Crippen LogP) is 3.32. The Morgan fingerprint density at radius 2 is 1.88 bits per heavy atom. The van der Waals surface area contributed by atoms with Crippen molar-refractivity contribution >= 4 is 5.91 Å². The van der Waals surface area contributed by atoms with E-state index in [1.54, 1.807) is 25.3 Å². The van der Waals surface area contributed by atoms with Crippen LogP contribution in [-0.4, -0.2) is 61.1 Å². The van der Waals surface area contributed by atoms with Gasteiger partial charge in [-0.15, -0.1) is 0 Å². The number of ether oxygens (including phenoxy) is 1. The van der Waals surface area contributed by atoms with Crippen LogP contribution in [0.2, 0.25) is 0 Å². The van der Waals surface area contributed by atoms with Crippen molar-refractivity contribution in [2.45, 2.75) is 50.7 Å². The molecule has 5 heteroatoms. The summed E-state index contributed by atoms with van der Waals surface area (Å²) < 4.78 is 19.5. The fourth-order valence-electron chi connectivity index (χ4n) is 4.05. The molecule has 2 saturated heterocycles. The number of nitrogens with zero attached hydrogens (tertiary/aromatic N) is 2. The molecule has 0 aliphatic carbocycles. The molecule has 0 bridgehead atoms. The number of carbonyl (C=O) groups is 1. The molecule has 0 saturated carbocycles. The number of benzene rings is 1. The highest BCUT2D eigenvalue weighted by Crippen LogP contribution is 2.23. The molecule has 138 valence electrons. The third kappa shape index (κ3) is 4.59. The second-order valence-corrected chi connectivity index (χ2v) is 7.22. The minimum absolute atomic E-state index is 0.156. The molecule has 3 rings (SSSR count). The highest BCUT2D eigenvalue weighted by atomic mass is 19.1. The van der Waals surface area contributed by atoms with E-state index in [-0.39, 0.29) is 17.5 Å². The number of methoxy groups -OCH3 is 1. The highest BCUT2D eigenvalue weighted by Gasteiger charge is 2.30. The zero-order chi connectivity index (χ0) is 17.6. The number of rotatable bonds is 4. The van der Waals surface area contributed by atoms with Gasteiger partial charge >= 0.3 is 0 Å². The summed E-state index contributed by atoms with van der Waals surface area (Å²) in [4.78, 5) is 17.3. The van der Waals surface area contributed by atoms with Gasteiger partial charge in [0.25, 0.3) is 5.91 Å². The van der Waals surface area contributed by atoms with Crippen LogP contribution in [0.15, 0.2) is 24.3 Å². The van der Waals surface area contributed by atoms with Gasteiger partial charge in [0.05, 0.1) is 11.7 Å². The Labute approximate surface area is 149 Å². The van der Waals surface area contributed by atoms with Gasteiger partial charge < -0.3 is 14.5 Å². The normalized spacial score (nSPS) is 23.4. The fraction of sp³-hybridized carbons (Fsp3) is 0.650. The number of likely N-dealkylation sites (tertiary alicyclic amines) is 2. The maximum atomic E-state index is 14.1. The second kappa shape index (κ2) is 8.77. The van der Waals surface area contributed by atoms with Gasteiger partial charge in [-0.2, -0.15) is 0 Å². The smallest absolute Gasteiger partial charge is 0.257 e. The van der Waals surface area contributed by atoms with Crippen molar-refractivity contribution in [1.82, 2.24) is 9.80 Å². The van der Waals surface area contributed by atoms with Crippen molar-refractivity contribution in [3.63, 3.8) is 0 Å². The van der Waals surface area contributed by atoms with Gasteiger partial charge in [-0.25, -0.2) is 4.39 Å². The molecule has 4 nitrogen and oxygen atoms in total. The highest BCUT2D eigenvalue weighted by molar-refractivity contribution is 5.94. The maximum Gasteiger partial charge on any atom is 0.257 e. The number of piperidine rings is 1. The molecule has 2 fully saturated rings. The van der Waals surface area contributed by atoms with Crippen LogP contribution in [0, 0.1) is 5.82 Å². The molecule has 1 atom stereocenters. The van der Waals surface area contributed by atoms with Crippen molar-refractivity contribution in [3.8, 4) is 0 Å². The molecule has 0 spiro atoms. The van der Waals surface area contributed by atoms with Crippen molar-refractivity contribution in [2.24, 2.45) is 0 Å². The first-order valence-electron chi connectivity index (χ1n) is 9.49. The molecular weight excluding hydrogens is 319 g/mol. The first kappa shape index (κ1) is 18.3. The molecule has 2 aliphatic heterocycles. The number of carbonyl (C=O) groups excluding carboxylic acids is 1. The van der Waals surface area contributed by atoms with Gasteiger partial charge in [0.15, 0.2) is 0 Å². The lowest BCUT2D eigenvalue weighted by molar-refractivity contribution is 0.0290. The molecule has 1 aromatic rings. The lowest BCUT2D eigenvalue weighted by Crippen LogP contribution is -2.49. The number of hydrogen-bond donors (Lipinski definition) is 0. The molecule has 2 heterocycles. The van der Waals surface area contributed by atoms with Gasteiger partial charge in [0.1, 0.15) is 5.82 Å². The third-order valence-corrected chi connectivity index (χ3v) is 5.58. The molecule has 0 aromatic heterocycles. The standard InChI is InChI=1S/C20H29FN2O2/c1-25-17-10-13-22(14-11-17)15-16-7-3-2-6-12-23(16)20(24)18-8-4-5-9-19(18)21/h4-5,8-9,16-17H,2-3,6-7,10-15H2,1H3. The van der Waals surface area contributed by atoms with Crippen LogP contribution >= 0.6 is 0 Å². The van der Waals surface area contributed by atoms with Crippen LogP contribution < -0.4 is 0 Å². The summed E-state index contributed by atoms with van der Waals surface area (Å²) in [6.45, 7) is 3.64. The van der Waals surface area contributed by atoms with Gasteiger partial charge in [-0.05, 0) is 37.8 Å². The maximum absolute atomic E-state index is 14.1. The van der Waals surface area contributed by atoms with Gasteiger partial charge in [-0.3, -0.25) is 4.79 Å². The monoisotopic (exact) mass is 348 g/mol. The van der Waals surface area contributed by atoms with E-state index in [0.29, 0.717) is 6.10 Å². The summed E-state index contributed by atoms with van der Waals surface area (Å²) in [5.41, 5.74) is 0.201. The summed E-state index contributed by atoms with van der Waals surface area (Å²) in [6.07, 6.45) is 6.74. The molecule has 1 unspecified atom stereocenters. The topological polar surface area (TPSA) is 32.8 Å². The summed E-state index contributed by atoms with van der Waals surface area (Å²) in [7, 11) is 1.78. The molecular formula is C20H29FN2O2. The first-order chi connectivity index (χ1) is 12.2. The largest absolute Gasteiger partial charge is 0.381 e. The zero-order valence-electron chi connectivity index (χ0n) is 15.1. The van der Waals surface area contributed by atoms with Crippen molar-refractivity contribution in [3.05, 3.63) is 35.6 Å². The quantitative estimate of drug-likeness (QED) is 0.837. The minimum Gasteiger partial charge on any atom is -0.381 e. The van der Waals surface area contributed by atoms with Crippen LogP contribution in [0.3, 0.4) is 0 Å². The summed E-state index contributed by atoms with van der Waals surface area (Å²) in [5.74, 6) is -0.576. The first-order valence-corrected chi connectivity index (χ1v) is 9.49. The van der Waals surface area contributed by atoms with Crippen LogP contribution in [0.4, 0.5) is 4.39 Å². The Balaban J connectivity index is 1.69. The lowest BCUT2D eigenvalue weighted by atomic mass is 10.0. The van der Waals surface area contributed by atoms with E-state index < -0.39 is 5.82 Å². The van der Waals surface area contributed by atoms with Crippen LogP contribution in [-0.2, 0) is 4.74 Å². The summed E-state index contributed by atoms with van der Waals surface area (Å²) in [5, 5.41) is 0. The average Bonchev–Trinajstić information content (AvgIpc) is 2.88. The molecule has 0 radical (unpaired) electrons. The number of halogens is 1. The number of hydrogen-bond acceptors (Lipinski definition) is 3. The van der Waals surface area contributed by atoms with Gasteiger partial charge in [0, 0.05) is 39.3 Å². The Kier molecular flexibility index (Phi) is 6.43. The predicted molar refractivity (Wildman–Crippen MR) is 96.2 cm³/mol. The SMILES string of the molecule is COC1CCN(CC2CCCCCN2C(=O)c2ccccc2F)CC1.